The first kappa shape index (κ1) is 20.1. The third-order valence-corrected chi connectivity index (χ3v) is 6.80. The molecule has 0 spiro atoms. The predicted octanol–water partition coefficient (Wildman–Crippen LogP) is 5.13. The largest absolute Gasteiger partial charge is 0.490 e. The molecule has 2 aliphatic carbocycles. The molecule has 1 aliphatic heterocycles. The maximum absolute atomic E-state index is 13.9. The van der Waals surface area contributed by atoms with E-state index in [1.54, 1.807) is 0 Å². The molecule has 5 nitrogen and oxygen atoms in total. The van der Waals surface area contributed by atoms with Crippen molar-refractivity contribution in [3.8, 4) is 5.75 Å². The van der Waals surface area contributed by atoms with Crippen LogP contribution in [0.15, 0.2) is 42.0 Å². The molecule has 1 atom stereocenters. The predicted molar refractivity (Wildman–Crippen MR) is 125 cm³/mol. The number of hydrogen-bond donors (Lipinski definition) is 0. The molecule has 2 aromatic rings. The van der Waals surface area contributed by atoms with E-state index in [1.165, 1.54) is 18.4 Å². The van der Waals surface area contributed by atoms with Crippen LogP contribution in [0, 0.1) is 6.92 Å². The molecule has 0 bridgehead atoms. The molecule has 1 unspecified atom stereocenters. The average molecular weight is 418 g/mol. The SMILES string of the molecule is Cc1cc2c(c(N(C)C)n1)/C(=C1\CCC(Oc3ccccc3)C1)C(=O)N2C1CCCC1. The van der Waals surface area contributed by atoms with Crippen LogP contribution in [0.1, 0.15) is 56.2 Å². The van der Waals surface area contributed by atoms with Crippen LogP contribution in [-0.2, 0) is 4.79 Å². The Morgan fingerprint density at radius 2 is 1.84 bits per heavy atom. The van der Waals surface area contributed by atoms with Gasteiger partial charge in [-0.05, 0) is 50.8 Å². The van der Waals surface area contributed by atoms with Crippen molar-refractivity contribution in [2.75, 3.05) is 23.9 Å². The van der Waals surface area contributed by atoms with Crippen LogP contribution >= 0.6 is 0 Å². The normalized spacial score (nSPS) is 23.5. The van der Waals surface area contributed by atoms with Gasteiger partial charge in [-0.1, -0.05) is 36.6 Å². The van der Waals surface area contributed by atoms with Crippen molar-refractivity contribution in [3.63, 3.8) is 0 Å². The summed E-state index contributed by atoms with van der Waals surface area (Å²) in [4.78, 5) is 22.8. The number of benzene rings is 1. The minimum absolute atomic E-state index is 0.114. The highest BCUT2D eigenvalue weighted by Crippen LogP contribution is 2.48. The summed E-state index contributed by atoms with van der Waals surface area (Å²) in [6.07, 6.45) is 7.34. The van der Waals surface area contributed by atoms with Crippen molar-refractivity contribution < 1.29 is 9.53 Å². The van der Waals surface area contributed by atoms with E-state index >= 15 is 0 Å². The third-order valence-electron chi connectivity index (χ3n) is 6.80. The summed E-state index contributed by atoms with van der Waals surface area (Å²) in [6.45, 7) is 2.02. The Balaban J connectivity index is 1.55. The van der Waals surface area contributed by atoms with Gasteiger partial charge in [-0.2, -0.15) is 0 Å². The van der Waals surface area contributed by atoms with Crippen LogP contribution in [0.25, 0.3) is 5.57 Å². The standard InChI is InChI=1S/C26H31N3O2/c1-17-15-22-24(25(27-17)28(2)3)23(26(30)29(22)19-9-7-8-10-19)18-13-14-21(16-18)31-20-11-5-4-6-12-20/h4-6,11-12,15,19,21H,7-10,13-14,16H2,1-3H3/b23-18-. The van der Waals surface area contributed by atoms with Gasteiger partial charge in [0.05, 0.1) is 16.8 Å². The number of amides is 1. The highest BCUT2D eigenvalue weighted by atomic mass is 16.5. The second-order valence-corrected chi connectivity index (χ2v) is 9.26. The van der Waals surface area contributed by atoms with Gasteiger partial charge in [0.2, 0.25) is 0 Å². The summed E-state index contributed by atoms with van der Waals surface area (Å²) < 4.78 is 6.23. The van der Waals surface area contributed by atoms with Gasteiger partial charge in [-0.15, -0.1) is 0 Å². The molecule has 3 aliphatic rings. The zero-order valence-corrected chi connectivity index (χ0v) is 18.7. The Bertz CT molecular complexity index is 1020. The molecule has 31 heavy (non-hydrogen) atoms. The van der Waals surface area contributed by atoms with E-state index < -0.39 is 0 Å². The molecule has 5 heteroatoms. The van der Waals surface area contributed by atoms with E-state index in [0.717, 1.165) is 66.2 Å². The molecule has 5 rings (SSSR count). The number of para-hydroxylation sites is 1. The molecule has 2 saturated carbocycles. The van der Waals surface area contributed by atoms with Crippen LogP contribution in [-0.4, -0.2) is 37.1 Å². The molecule has 0 radical (unpaired) electrons. The first-order valence-corrected chi connectivity index (χ1v) is 11.5. The fourth-order valence-electron chi connectivity index (χ4n) is 5.42. The summed E-state index contributed by atoms with van der Waals surface area (Å²) in [5, 5.41) is 0. The second-order valence-electron chi connectivity index (χ2n) is 9.26. The molecule has 2 heterocycles. The zero-order valence-electron chi connectivity index (χ0n) is 18.7. The Morgan fingerprint density at radius 1 is 1.10 bits per heavy atom. The minimum Gasteiger partial charge on any atom is -0.490 e. The molecule has 0 saturated heterocycles. The number of fused-ring (bicyclic) bond motifs is 1. The Morgan fingerprint density at radius 3 is 2.55 bits per heavy atom. The Labute approximate surface area is 184 Å². The first-order valence-electron chi connectivity index (χ1n) is 11.5. The number of nitrogens with zero attached hydrogens (tertiary/aromatic N) is 3. The van der Waals surface area contributed by atoms with E-state index in [4.69, 9.17) is 9.72 Å². The van der Waals surface area contributed by atoms with Gasteiger partial charge in [0.25, 0.3) is 5.91 Å². The molecule has 1 aromatic carbocycles. The van der Waals surface area contributed by atoms with E-state index in [2.05, 4.69) is 11.0 Å². The fourth-order valence-corrected chi connectivity index (χ4v) is 5.42. The van der Waals surface area contributed by atoms with Crippen LogP contribution in [0.2, 0.25) is 0 Å². The molecule has 0 N–H and O–H groups in total. The molecule has 1 aromatic heterocycles. The van der Waals surface area contributed by atoms with Gasteiger partial charge in [0.1, 0.15) is 17.7 Å². The fraction of sp³-hybridized carbons (Fsp3) is 0.462. The van der Waals surface area contributed by atoms with Crippen LogP contribution < -0.4 is 14.5 Å². The molecule has 162 valence electrons. The van der Waals surface area contributed by atoms with Crippen molar-refractivity contribution in [2.45, 2.75) is 64.0 Å². The van der Waals surface area contributed by atoms with Gasteiger partial charge in [-0.25, -0.2) is 4.98 Å². The highest BCUT2D eigenvalue weighted by Gasteiger charge is 2.43. The lowest BCUT2D eigenvalue weighted by Gasteiger charge is -2.25. The lowest BCUT2D eigenvalue weighted by atomic mass is 9.99. The number of aryl methyl sites for hydroxylation is 1. The number of ether oxygens (including phenoxy) is 1. The molecule has 2 fully saturated rings. The van der Waals surface area contributed by atoms with Crippen molar-refractivity contribution >= 4 is 23.0 Å². The number of pyridine rings is 1. The topological polar surface area (TPSA) is 45.7 Å². The van der Waals surface area contributed by atoms with Crippen LogP contribution in [0.5, 0.6) is 5.75 Å². The van der Waals surface area contributed by atoms with Gasteiger partial charge >= 0.3 is 0 Å². The Hall–Kier alpha value is -2.82. The summed E-state index contributed by atoms with van der Waals surface area (Å²) in [7, 11) is 4.03. The van der Waals surface area contributed by atoms with E-state index in [9.17, 15) is 4.79 Å². The number of aromatic nitrogens is 1. The van der Waals surface area contributed by atoms with Crippen molar-refractivity contribution in [1.82, 2.24) is 4.98 Å². The molecule has 1 amide bonds. The van der Waals surface area contributed by atoms with Crippen molar-refractivity contribution in [1.29, 1.82) is 0 Å². The highest BCUT2D eigenvalue weighted by molar-refractivity contribution is 6.34. The maximum atomic E-state index is 13.9. The zero-order chi connectivity index (χ0) is 21.5. The quantitative estimate of drug-likeness (QED) is 0.647. The summed E-state index contributed by atoms with van der Waals surface area (Å²) in [6, 6.07) is 12.4. The second kappa shape index (κ2) is 8.03. The number of rotatable bonds is 4. The van der Waals surface area contributed by atoms with E-state index in [-0.39, 0.29) is 12.0 Å². The number of hydrogen-bond acceptors (Lipinski definition) is 4. The van der Waals surface area contributed by atoms with E-state index in [1.807, 2.05) is 56.3 Å². The van der Waals surface area contributed by atoms with Crippen molar-refractivity contribution in [2.24, 2.45) is 0 Å². The number of carbonyl (C=O) groups excluding carboxylic acids is 1. The molecular weight excluding hydrogens is 386 g/mol. The smallest absolute Gasteiger partial charge is 0.259 e. The maximum Gasteiger partial charge on any atom is 0.259 e. The number of anilines is 2. The van der Waals surface area contributed by atoms with E-state index in [0.29, 0.717) is 6.04 Å². The summed E-state index contributed by atoms with van der Waals surface area (Å²) in [5.41, 5.74) is 5.16. The van der Waals surface area contributed by atoms with Gasteiger partial charge in [-0.3, -0.25) is 4.79 Å². The van der Waals surface area contributed by atoms with Gasteiger partial charge in [0, 0.05) is 32.3 Å². The summed E-state index contributed by atoms with van der Waals surface area (Å²) >= 11 is 0. The minimum atomic E-state index is 0.114. The monoisotopic (exact) mass is 417 g/mol. The lowest BCUT2D eigenvalue weighted by molar-refractivity contribution is -0.113. The van der Waals surface area contributed by atoms with Crippen LogP contribution in [0.3, 0.4) is 0 Å². The van der Waals surface area contributed by atoms with Gasteiger partial charge in [0.15, 0.2) is 0 Å². The average Bonchev–Trinajstić information content (AvgIpc) is 3.47. The van der Waals surface area contributed by atoms with Crippen molar-refractivity contribution in [3.05, 3.63) is 53.2 Å². The van der Waals surface area contributed by atoms with Crippen LogP contribution in [0.4, 0.5) is 11.5 Å². The third kappa shape index (κ3) is 3.60. The number of carbonyl (C=O) groups is 1. The molecular formula is C26H31N3O2. The Kier molecular flexibility index (Phi) is 5.20. The van der Waals surface area contributed by atoms with Gasteiger partial charge < -0.3 is 14.5 Å². The summed E-state index contributed by atoms with van der Waals surface area (Å²) in [5.74, 6) is 1.97. The lowest BCUT2D eigenvalue weighted by Crippen LogP contribution is -2.35. The first-order chi connectivity index (χ1) is 15.0.